The Kier molecular flexibility index (Phi) is 4.69. The van der Waals surface area contributed by atoms with Crippen LogP contribution >= 0.6 is 0 Å². The Bertz CT molecular complexity index is 547. The van der Waals surface area contributed by atoms with Gasteiger partial charge in [0.05, 0.1) is 0 Å². The summed E-state index contributed by atoms with van der Waals surface area (Å²) in [5.41, 5.74) is 6.43. The number of aromatic nitrogens is 1. The molecule has 100 valence electrons. The second kappa shape index (κ2) is 6.48. The molecule has 1 heterocycles. The zero-order chi connectivity index (χ0) is 13.7. The Labute approximate surface area is 115 Å². The van der Waals surface area contributed by atoms with Crippen molar-refractivity contribution in [3.63, 3.8) is 0 Å². The van der Waals surface area contributed by atoms with Crippen LogP contribution in [0.5, 0.6) is 0 Å². The molecule has 0 saturated heterocycles. The first-order chi connectivity index (χ1) is 9.22. The zero-order valence-corrected chi connectivity index (χ0v) is 12.0. The van der Waals surface area contributed by atoms with Gasteiger partial charge in [0, 0.05) is 24.5 Å². The Morgan fingerprint density at radius 2 is 1.84 bits per heavy atom. The summed E-state index contributed by atoms with van der Waals surface area (Å²) in [4.78, 5) is 4.25. The SMILES string of the molecule is CCCNCc1ccc(C)c(-c2cnccc2C)c1. The molecule has 0 saturated carbocycles. The predicted octanol–water partition coefficient (Wildman–Crippen LogP) is 3.87. The molecule has 0 spiro atoms. The summed E-state index contributed by atoms with van der Waals surface area (Å²) in [6, 6.07) is 8.75. The first kappa shape index (κ1) is 13.8. The van der Waals surface area contributed by atoms with E-state index < -0.39 is 0 Å². The topological polar surface area (TPSA) is 24.9 Å². The maximum absolute atomic E-state index is 4.25. The molecule has 1 N–H and O–H groups in total. The van der Waals surface area contributed by atoms with Crippen LogP contribution in [0.3, 0.4) is 0 Å². The fourth-order valence-corrected chi connectivity index (χ4v) is 2.22. The first-order valence-corrected chi connectivity index (χ1v) is 6.93. The largest absolute Gasteiger partial charge is 0.313 e. The molecule has 1 aromatic heterocycles. The second-order valence-corrected chi connectivity index (χ2v) is 5.02. The quantitative estimate of drug-likeness (QED) is 0.819. The molecule has 0 amide bonds. The van der Waals surface area contributed by atoms with E-state index in [4.69, 9.17) is 0 Å². The van der Waals surface area contributed by atoms with Gasteiger partial charge in [0.1, 0.15) is 0 Å². The van der Waals surface area contributed by atoms with E-state index in [1.165, 1.54) is 34.2 Å². The van der Waals surface area contributed by atoms with Gasteiger partial charge in [-0.15, -0.1) is 0 Å². The summed E-state index contributed by atoms with van der Waals surface area (Å²) in [6.45, 7) is 8.48. The Balaban J connectivity index is 2.30. The summed E-state index contributed by atoms with van der Waals surface area (Å²) < 4.78 is 0. The van der Waals surface area contributed by atoms with Crippen molar-refractivity contribution >= 4 is 0 Å². The fraction of sp³-hybridized carbons (Fsp3) is 0.353. The van der Waals surface area contributed by atoms with Gasteiger partial charge in [-0.25, -0.2) is 0 Å². The Morgan fingerprint density at radius 3 is 2.58 bits per heavy atom. The van der Waals surface area contributed by atoms with Crippen LogP contribution in [0.1, 0.15) is 30.0 Å². The smallest absolute Gasteiger partial charge is 0.0349 e. The van der Waals surface area contributed by atoms with E-state index in [0.717, 1.165) is 13.1 Å². The zero-order valence-electron chi connectivity index (χ0n) is 12.0. The van der Waals surface area contributed by atoms with Crippen LogP contribution in [0, 0.1) is 13.8 Å². The van der Waals surface area contributed by atoms with E-state index in [2.05, 4.69) is 55.3 Å². The van der Waals surface area contributed by atoms with E-state index >= 15 is 0 Å². The van der Waals surface area contributed by atoms with Crippen molar-refractivity contribution in [1.29, 1.82) is 0 Å². The molecule has 0 aliphatic carbocycles. The Hall–Kier alpha value is -1.67. The van der Waals surface area contributed by atoms with Crippen molar-refractivity contribution in [1.82, 2.24) is 10.3 Å². The van der Waals surface area contributed by atoms with Gasteiger partial charge in [0.25, 0.3) is 0 Å². The van der Waals surface area contributed by atoms with Crippen molar-refractivity contribution in [2.45, 2.75) is 33.7 Å². The lowest BCUT2D eigenvalue weighted by Crippen LogP contribution is -2.13. The number of hydrogen-bond acceptors (Lipinski definition) is 2. The number of aryl methyl sites for hydroxylation is 2. The molecular weight excluding hydrogens is 232 g/mol. The lowest BCUT2D eigenvalue weighted by atomic mass is 9.96. The van der Waals surface area contributed by atoms with Gasteiger partial charge < -0.3 is 5.32 Å². The first-order valence-electron chi connectivity index (χ1n) is 6.93. The molecule has 2 heteroatoms. The molecule has 2 rings (SSSR count). The molecule has 0 aliphatic heterocycles. The lowest BCUT2D eigenvalue weighted by molar-refractivity contribution is 0.675. The van der Waals surface area contributed by atoms with Gasteiger partial charge in [-0.2, -0.15) is 0 Å². The van der Waals surface area contributed by atoms with Crippen molar-refractivity contribution < 1.29 is 0 Å². The standard InChI is InChI=1S/C17H22N2/c1-4-8-18-11-15-6-5-13(2)16(10-15)17-12-19-9-7-14(17)3/h5-7,9-10,12,18H,4,8,11H2,1-3H3. The van der Waals surface area contributed by atoms with Crippen LogP contribution in [0.2, 0.25) is 0 Å². The van der Waals surface area contributed by atoms with Crippen LogP contribution in [-0.2, 0) is 6.54 Å². The van der Waals surface area contributed by atoms with Crippen LogP contribution < -0.4 is 5.32 Å². The molecule has 0 bridgehead atoms. The molecule has 2 nitrogen and oxygen atoms in total. The number of nitrogens with one attached hydrogen (secondary N) is 1. The van der Waals surface area contributed by atoms with Crippen LogP contribution in [0.15, 0.2) is 36.7 Å². The molecule has 2 aromatic rings. The molecule has 19 heavy (non-hydrogen) atoms. The normalized spacial score (nSPS) is 10.7. The van der Waals surface area contributed by atoms with Crippen molar-refractivity contribution in [3.8, 4) is 11.1 Å². The average molecular weight is 254 g/mol. The number of benzene rings is 1. The number of pyridine rings is 1. The fourth-order valence-electron chi connectivity index (χ4n) is 2.22. The highest BCUT2D eigenvalue weighted by atomic mass is 14.8. The van der Waals surface area contributed by atoms with Crippen LogP contribution in [0.25, 0.3) is 11.1 Å². The minimum atomic E-state index is 0.931. The van der Waals surface area contributed by atoms with Gasteiger partial charge >= 0.3 is 0 Å². The highest BCUT2D eigenvalue weighted by molar-refractivity contribution is 5.70. The third kappa shape index (κ3) is 3.42. The monoisotopic (exact) mass is 254 g/mol. The van der Waals surface area contributed by atoms with Gasteiger partial charge in [0.2, 0.25) is 0 Å². The number of hydrogen-bond donors (Lipinski definition) is 1. The molecule has 1 aromatic carbocycles. The number of nitrogens with zero attached hydrogens (tertiary/aromatic N) is 1. The summed E-state index contributed by atoms with van der Waals surface area (Å²) >= 11 is 0. The van der Waals surface area contributed by atoms with Crippen LogP contribution in [0.4, 0.5) is 0 Å². The second-order valence-electron chi connectivity index (χ2n) is 5.02. The molecule has 0 radical (unpaired) electrons. The van der Waals surface area contributed by atoms with Crippen molar-refractivity contribution in [2.75, 3.05) is 6.54 Å². The van der Waals surface area contributed by atoms with Gasteiger partial charge in [-0.1, -0.05) is 19.1 Å². The number of rotatable bonds is 5. The van der Waals surface area contributed by atoms with Crippen molar-refractivity contribution in [2.24, 2.45) is 0 Å². The van der Waals surface area contributed by atoms with E-state index in [1.54, 1.807) is 0 Å². The van der Waals surface area contributed by atoms with E-state index in [1.807, 2.05) is 12.4 Å². The van der Waals surface area contributed by atoms with E-state index in [9.17, 15) is 0 Å². The third-order valence-corrected chi connectivity index (χ3v) is 3.39. The highest BCUT2D eigenvalue weighted by Crippen LogP contribution is 2.26. The van der Waals surface area contributed by atoms with E-state index in [-0.39, 0.29) is 0 Å². The predicted molar refractivity (Wildman–Crippen MR) is 81.1 cm³/mol. The molecule has 0 unspecified atom stereocenters. The van der Waals surface area contributed by atoms with E-state index in [0.29, 0.717) is 0 Å². The molecular formula is C17H22N2. The van der Waals surface area contributed by atoms with Gasteiger partial charge in [0.15, 0.2) is 0 Å². The summed E-state index contributed by atoms with van der Waals surface area (Å²) in [6.07, 6.45) is 4.97. The van der Waals surface area contributed by atoms with Crippen molar-refractivity contribution in [3.05, 3.63) is 53.3 Å². The highest BCUT2D eigenvalue weighted by Gasteiger charge is 2.06. The summed E-state index contributed by atoms with van der Waals surface area (Å²) in [5.74, 6) is 0. The summed E-state index contributed by atoms with van der Waals surface area (Å²) in [7, 11) is 0. The minimum absolute atomic E-state index is 0.931. The summed E-state index contributed by atoms with van der Waals surface area (Å²) in [5, 5.41) is 3.45. The minimum Gasteiger partial charge on any atom is -0.313 e. The van der Waals surface area contributed by atoms with Crippen LogP contribution in [-0.4, -0.2) is 11.5 Å². The molecule has 0 fully saturated rings. The van der Waals surface area contributed by atoms with Gasteiger partial charge in [-0.05, 0) is 61.2 Å². The maximum atomic E-state index is 4.25. The molecule has 0 atom stereocenters. The average Bonchev–Trinajstić information content (AvgIpc) is 2.42. The Morgan fingerprint density at radius 1 is 1.05 bits per heavy atom. The molecule has 0 aliphatic rings. The van der Waals surface area contributed by atoms with Gasteiger partial charge in [-0.3, -0.25) is 4.98 Å². The third-order valence-electron chi connectivity index (χ3n) is 3.39. The lowest BCUT2D eigenvalue weighted by Gasteiger charge is -2.11. The maximum Gasteiger partial charge on any atom is 0.0349 e.